The van der Waals surface area contributed by atoms with Gasteiger partial charge in [-0.05, 0) is 39.8 Å². The van der Waals surface area contributed by atoms with Crippen LogP contribution in [-0.2, 0) is 11.2 Å². The molecule has 0 spiro atoms. The van der Waals surface area contributed by atoms with Crippen molar-refractivity contribution in [1.29, 1.82) is 0 Å². The average Bonchev–Trinajstić information content (AvgIpc) is 2.91. The summed E-state index contributed by atoms with van der Waals surface area (Å²) in [6.45, 7) is 11.3. The van der Waals surface area contributed by atoms with Gasteiger partial charge in [-0.25, -0.2) is 0 Å². The summed E-state index contributed by atoms with van der Waals surface area (Å²) in [6.07, 6.45) is 2.10. The van der Waals surface area contributed by atoms with Crippen LogP contribution in [0.2, 0.25) is 0 Å². The van der Waals surface area contributed by atoms with E-state index in [1.54, 1.807) is 6.20 Å². The van der Waals surface area contributed by atoms with Crippen molar-refractivity contribution in [2.45, 2.75) is 40.2 Å². The topological polar surface area (TPSA) is 67.2 Å². The molecule has 0 aromatic carbocycles. The van der Waals surface area contributed by atoms with E-state index in [-0.39, 0.29) is 5.91 Å². The van der Waals surface area contributed by atoms with Crippen LogP contribution in [0.3, 0.4) is 0 Å². The Hall–Kier alpha value is -2.44. The number of carbonyl (C=O) groups is 1. The molecule has 0 saturated carbocycles. The molecule has 3 heterocycles. The van der Waals surface area contributed by atoms with Gasteiger partial charge in [0.1, 0.15) is 0 Å². The maximum Gasteiger partial charge on any atom is 0.227 e. The van der Waals surface area contributed by atoms with Gasteiger partial charge in [0.2, 0.25) is 5.91 Å². The van der Waals surface area contributed by atoms with Crippen LogP contribution in [0.15, 0.2) is 18.3 Å². The summed E-state index contributed by atoms with van der Waals surface area (Å²) in [6, 6.07) is 4.15. The molecule has 7 nitrogen and oxygen atoms in total. The average molecular weight is 342 g/mol. The van der Waals surface area contributed by atoms with Crippen LogP contribution in [-0.4, -0.2) is 57.0 Å². The summed E-state index contributed by atoms with van der Waals surface area (Å²) in [5, 5.41) is 12.7. The number of anilines is 1. The third kappa shape index (κ3) is 3.65. The monoisotopic (exact) mass is 342 g/mol. The Morgan fingerprint density at radius 3 is 2.48 bits per heavy atom. The van der Waals surface area contributed by atoms with Crippen molar-refractivity contribution >= 4 is 11.7 Å². The maximum atomic E-state index is 12.7. The standard InChI is InChI=1S/C18H26N6O/c1-13(2)24-15(4)16(14(3)21-24)12-18(25)23-10-8-22(9-11-23)17-6-5-7-19-20-17/h5-7,13H,8-12H2,1-4H3. The second-order valence-corrected chi connectivity index (χ2v) is 6.81. The number of carbonyl (C=O) groups excluding carboxylic acids is 1. The number of aryl methyl sites for hydroxylation is 1. The normalized spacial score (nSPS) is 15.1. The van der Waals surface area contributed by atoms with E-state index < -0.39 is 0 Å². The lowest BCUT2D eigenvalue weighted by Crippen LogP contribution is -2.49. The molecule has 1 saturated heterocycles. The van der Waals surface area contributed by atoms with Crippen LogP contribution in [0.5, 0.6) is 0 Å². The largest absolute Gasteiger partial charge is 0.352 e. The number of hydrogen-bond donors (Lipinski definition) is 0. The van der Waals surface area contributed by atoms with Crippen molar-refractivity contribution in [3.8, 4) is 0 Å². The molecule has 1 fully saturated rings. The first-order valence-electron chi connectivity index (χ1n) is 8.82. The van der Waals surface area contributed by atoms with Crippen LogP contribution >= 0.6 is 0 Å². The summed E-state index contributed by atoms with van der Waals surface area (Å²) in [4.78, 5) is 16.9. The molecule has 1 amide bonds. The maximum absolute atomic E-state index is 12.7. The van der Waals surface area contributed by atoms with Gasteiger partial charge < -0.3 is 9.80 Å². The second-order valence-electron chi connectivity index (χ2n) is 6.81. The molecule has 25 heavy (non-hydrogen) atoms. The van der Waals surface area contributed by atoms with Gasteiger partial charge in [0.05, 0.1) is 12.1 Å². The minimum absolute atomic E-state index is 0.174. The molecular formula is C18H26N6O. The smallest absolute Gasteiger partial charge is 0.227 e. The van der Waals surface area contributed by atoms with Gasteiger partial charge in [0.15, 0.2) is 5.82 Å². The first-order valence-corrected chi connectivity index (χ1v) is 8.82. The van der Waals surface area contributed by atoms with E-state index in [4.69, 9.17) is 0 Å². The minimum Gasteiger partial charge on any atom is -0.352 e. The minimum atomic E-state index is 0.174. The molecule has 1 aliphatic heterocycles. The van der Waals surface area contributed by atoms with E-state index in [9.17, 15) is 4.79 Å². The highest BCUT2D eigenvalue weighted by atomic mass is 16.2. The van der Waals surface area contributed by atoms with E-state index in [1.165, 1.54) is 0 Å². The zero-order valence-corrected chi connectivity index (χ0v) is 15.4. The van der Waals surface area contributed by atoms with Crippen molar-refractivity contribution in [3.05, 3.63) is 35.3 Å². The van der Waals surface area contributed by atoms with Gasteiger partial charge in [0, 0.05) is 49.7 Å². The lowest BCUT2D eigenvalue weighted by atomic mass is 10.1. The molecule has 3 rings (SSSR count). The summed E-state index contributed by atoms with van der Waals surface area (Å²) in [7, 11) is 0. The van der Waals surface area contributed by atoms with Crippen molar-refractivity contribution in [1.82, 2.24) is 24.9 Å². The summed E-state index contributed by atoms with van der Waals surface area (Å²) < 4.78 is 2.00. The molecule has 7 heteroatoms. The van der Waals surface area contributed by atoms with Crippen LogP contribution in [0.1, 0.15) is 36.8 Å². The van der Waals surface area contributed by atoms with Gasteiger partial charge in [-0.3, -0.25) is 9.48 Å². The third-order valence-corrected chi connectivity index (χ3v) is 4.81. The number of piperazine rings is 1. The van der Waals surface area contributed by atoms with E-state index in [2.05, 4.69) is 41.0 Å². The molecule has 2 aromatic rings. The fourth-order valence-electron chi connectivity index (χ4n) is 3.37. The number of aromatic nitrogens is 4. The van der Waals surface area contributed by atoms with Crippen molar-refractivity contribution in [2.24, 2.45) is 0 Å². The summed E-state index contributed by atoms with van der Waals surface area (Å²) >= 11 is 0. The Kier molecular flexibility index (Phi) is 5.01. The van der Waals surface area contributed by atoms with Crippen LogP contribution < -0.4 is 4.90 Å². The molecule has 2 aromatic heterocycles. The van der Waals surface area contributed by atoms with Crippen molar-refractivity contribution < 1.29 is 4.79 Å². The zero-order chi connectivity index (χ0) is 18.0. The molecule has 134 valence electrons. The van der Waals surface area contributed by atoms with E-state index in [0.717, 1.165) is 35.9 Å². The highest BCUT2D eigenvalue weighted by molar-refractivity contribution is 5.79. The predicted octanol–water partition coefficient (Wildman–Crippen LogP) is 1.76. The van der Waals surface area contributed by atoms with E-state index >= 15 is 0 Å². The predicted molar refractivity (Wildman–Crippen MR) is 96.6 cm³/mol. The SMILES string of the molecule is Cc1nn(C(C)C)c(C)c1CC(=O)N1CCN(c2cccnn2)CC1. The zero-order valence-electron chi connectivity index (χ0n) is 15.4. The fraction of sp³-hybridized carbons (Fsp3) is 0.556. The Labute approximate surface area is 148 Å². The second kappa shape index (κ2) is 7.21. The molecular weight excluding hydrogens is 316 g/mol. The lowest BCUT2D eigenvalue weighted by molar-refractivity contribution is -0.130. The van der Waals surface area contributed by atoms with Gasteiger partial charge in [-0.15, -0.1) is 5.10 Å². The molecule has 0 aliphatic carbocycles. The third-order valence-electron chi connectivity index (χ3n) is 4.81. The Morgan fingerprint density at radius 1 is 1.20 bits per heavy atom. The number of hydrogen-bond acceptors (Lipinski definition) is 5. The molecule has 0 radical (unpaired) electrons. The molecule has 1 aliphatic rings. The van der Waals surface area contributed by atoms with Gasteiger partial charge in [0.25, 0.3) is 0 Å². The summed E-state index contributed by atoms with van der Waals surface area (Å²) in [5.74, 6) is 1.05. The van der Waals surface area contributed by atoms with Gasteiger partial charge >= 0.3 is 0 Å². The molecule has 0 N–H and O–H groups in total. The van der Waals surface area contributed by atoms with Crippen LogP contribution in [0.25, 0.3) is 0 Å². The van der Waals surface area contributed by atoms with Crippen LogP contribution in [0.4, 0.5) is 5.82 Å². The quantitative estimate of drug-likeness (QED) is 0.847. The summed E-state index contributed by atoms with van der Waals surface area (Å²) in [5.41, 5.74) is 3.12. The fourth-order valence-corrected chi connectivity index (χ4v) is 3.37. The van der Waals surface area contributed by atoms with Gasteiger partial charge in [-0.2, -0.15) is 10.2 Å². The number of nitrogens with zero attached hydrogens (tertiary/aromatic N) is 6. The van der Waals surface area contributed by atoms with Gasteiger partial charge in [-0.1, -0.05) is 0 Å². The molecule has 0 unspecified atom stereocenters. The molecule has 0 bridgehead atoms. The highest BCUT2D eigenvalue weighted by Gasteiger charge is 2.24. The van der Waals surface area contributed by atoms with Crippen molar-refractivity contribution in [3.63, 3.8) is 0 Å². The Bertz CT molecular complexity index is 732. The van der Waals surface area contributed by atoms with Crippen LogP contribution in [0, 0.1) is 13.8 Å². The first-order chi connectivity index (χ1) is 12.0. The van der Waals surface area contributed by atoms with Crippen molar-refractivity contribution in [2.75, 3.05) is 31.1 Å². The number of rotatable bonds is 4. The van der Waals surface area contributed by atoms with E-state index in [1.807, 2.05) is 28.6 Å². The van der Waals surface area contributed by atoms with E-state index in [0.29, 0.717) is 25.6 Å². The Balaban J connectivity index is 1.62. The highest BCUT2D eigenvalue weighted by Crippen LogP contribution is 2.19. The Morgan fingerprint density at radius 2 is 1.92 bits per heavy atom. The first kappa shape index (κ1) is 17.4. The molecule has 0 atom stereocenters. The lowest BCUT2D eigenvalue weighted by Gasteiger charge is -2.35. The number of amides is 1.